The van der Waals surface area contributed by atoms with Gasteiger partial charge >= 0.3 is 0 Å². The number of pyridine rings is 2. The van der Waals surface area contributed by atoms with Crippen molar-refractivity contribution in [3.05, 3.63) is 87.5 Å². The summed E-state index contributed by atoms with van der Waals surface area (Å²) in [7, 11) is 0. The number of allylic oxidation sites excluding steroid dienone is 1. The maximum Gasteiger partial charge on any atom is 0.265 e. The first-order chi connectivity index (χ1) is 14.0. The predicted octanol–water partition coefficient (Wildman–Crippen LogP) is 4.28. The summed E-state index contributed by atoms with van der Waals surface area (Å²) in [6.45, 7) is 8.12. The number of hydrogen-bond donors (Lipinski definition) is 1. The smallest absolute Gasteiger partial charge is 0.265 e. The Kier molecular flexibility index (Phi) is 5.05. The lowest BCUT2D eigenvalue weighted by Crippen LogP contribution is -2.33. The normalized spacial score (nSPS) is 13.4. The molecule has 29 heavy (non-hydrogen) atoms. The van der Waals surface area contributed by atoms with E-state index in [0.717, 1.165) is 16.5 Å². The number of fused-ring (bicyclic) bond motifs is 1. The van der Waals surface area contributed by atoms with E-state index in [1.165, 1.54) is 18.4 Å². The highest BCUT2D eigenvalue weighted by Crippen LogP contribution is 2.40. The molecule has 0 radical (unpaired) electrons. The molecular formula is C24H25N3O2. The summed E-state index contributed by atoms with van der Waals surface area (Å²) in [6.07, 6.45) is 4.81. The lowest BCUT2D eigenvalue weighted by molar-refractivity contribution is 0.0963. The van der Waals surface area contributed by atoms with Gasteiger partial charge in [-0.05, 0) is 55.4 Å². The number of aromatic nitrogens is 2. The van der Waals surface area contributed by atoms with Crippen LogP contribution in [0.3, 0.4) is 0 Å². The van der Waals surface area contributed by atoms with Gasteiger partial charge in [-0.1, -0.05) is 43.3 Å². The van der Waals surface area contributed by atoms with E-state index in [4.69, 9.17) is 0 Å². The summed E-state index contributed by atoms with van der Waals surface area (Å²) in [5.41, 5.74) is 4.28. The molecule has 2 heterocycles. The quantitative estimate of drug-likeness (QED) is 0.686. The van der Waals surface area contributed by atoms with Crippen LogP contribution in [0.5, 0.6) is 0 Å². The first-order valence-corrected chi connectivity index (χ1v) is 10.0. The Hall–Kier alpha value is -3.21. The largest absolute Gasteiger partial charge is 0.326 e. The minimum atomic E-state index is -0.418. The molecule has 0 spiro atoms. The van der Waals surface area contributed by atoms with Crippen molar-refractivity contribution in [2.75, 3.05) is 0 Å². The highest BCUT2D eigenvalue weighted by Gasteiger charge is 2.25. The summed E-state index contributed by atoms with van der Waals surface area (Å²) in [4.78, 5) is 30.6. The van der Waals surface area contributed by atoms with Crippen molar-refractivity contribution >= 4 is 16.9 Å². The van der Waals surface area contributed by atoms with E-state index in [9.17, 15) is 9.59 Å². The Morgan fingerprint density at radius 3 is 2.62 bits per heavy atom. The number of nitrogens with zero attached hydrogens (tertiary/aromatic N) is 2. The number of benzene rings is 1. The number of carbonyl (C=O) groups excluding carboxylic acids is 1. The Balaban J connectivity index is 1.84. The van der Waals surface area contributed by atoms with Crippen LogP contribution in [0, 0.1) is 6.92 Å². The van der Waals surface area contributed by atoms with Crippen LogP contribution in [0.1, 0.15) is 59.2 Å². The van der Waals surface area contributed by atoms with Crippen molar-refractivity contribution in [3.63, 3.8) is 0 Å². The molecule has 1 saturated carbocycles. The van der Waals surface area contributed by atoms with Gasteiger partial charge in [0.25, 0.3) is 11.5 Å². The highest BCUT2D eigenvalue weighted by atomic mass is 16.2. The number of hydrogen-bond acceptors (Lipinski definition) is 3. The first kappa shape index (κ1) is 19.1. The maximum absolute atomic E-state index is 13.2. The van der Waals surface area contributed by atoms with Gasteiger partial charge in [0, 0.05) is 17.3 Å². The van der Waals surface area contributed by atoms with E-state index in [-0.39, 0.29) is 11.1 Å². The van der Waals surface area contributed by atoms with Gasteiger partial charge in [0.05, 0.1) is 6.54 Å². The summed E-state index contributed by atoms with van der Waals surface area (Å²) in [5, 5.41) is 3.55. The predicted molar refractivity (Wildman–Crippen MR) is 115 cm³/mol. The Morgan fingerprint density at radius 1 is 1.24 bits per heavy atom. The fourth-order valence-corrected chi connectivity index (χ4v) is 3.42. The summed E-state index contributed by atoms with van der Waals surface area (Å²) in [5.74, 6) is 0.125. The Bertz CT molecular complexity index is 1160. The van der Waals surface area contributed by atoms with Crippen LogP contribution in [0.15, 0.2) is 59.7 Å². The van der Waals surface area contributed by atoms with Crippen molar-refractivity contribution in [1.82, 2.24) is 14.9 Å². The fraction of sp³-hybridized carbons (Fsp3) is 0.292. The van der Waals surface area contributed by atoms with Gasteiger partial charge in [-0.3, -0.25) is 14.2 Å². The van der Waals surface area contributed by atoms with Crippen molar-refractivity contribution in [2.45, 2.75) is 45.6 Å². The number of rotatable bonds is 6. The van der Waals surface area contributed by atoms with Crippen LogP contribution in [-0.4, -0.2) is 15.5 Å². The van der Waals surface area contributed by atoms with Gasteiger partial charge in [-0.2, -0.15) is 0 Å². The average molecular weight is 387 g/mol. The monoisotopic (exact) mass is 387 g/mol. The maximum atomic E-state index is 13.2. The molecule has 5 heteroatoms. The molecule has 0 unspecified atom stereocenters. The van der Waals surface area contributed by atoms with E-state index in [1.54, 1.807) is 10.6 Å². The molecule has 1 aromatic carbocycles. The van der Waals surface area contributed by atoms with Crippen LogP contribution < -0.4 is 10.9 Å². The molecule has 3 aromatic rings. The minimum absolute atomic E-state index is 0.119. The average Bonchev–Trinajstić information content (AvgIpc) is 3.56. The molecule has 1 N–H and O–H groups in total. The molecule has 1 amide bonds. The second-order valence-corrected chi connectivity index (χ2v) is 7.80. The zero-order valence-corrected chi connectivity index (χ0v) is 16.9. The van der Waals surface area contributed by atoms with Crippen molar-refractivity contribution in [2.24, 2.45) is 0 Å². The molecule has 0 saturated heterocycles. The topological polar surface area (TPSA) is 64.0 Å². The van der Waals surface area contributed by atoms with Gasteiger partial charge in [0.15, 0.2) is 0 Å². The fourth-order valence-electron chi connectivity index (χ4n) is 3.42. The minimum Gasteiger partial charge on any atom is -0.326 e. The number of amides is 1. The third kappa shape index (κ3) is 3.99. The van der Waals surface area contributed by atoms with E-state index in [2.05, 4.69) is 22.9 Å². The third-order valence-electron chi connectivity index (χ3n) is 5.42. The van der Waals surface area contributed by atoms with Crippen molar-refractivity contribution in [3.8, 4) is 0 Å². The van der Waals surface area contributed by atoms with Gasteiger partial charge in [0.2, 0.25) is 0 Å². The summed E-state index contributed by atoms with van der Waals surface area (Å²) in [6, 6.07) is 11.8. The molecule has 0 bridgehead atoms. The second-order valence-electron chi connectivity index (χ2n) is 7.80. The molecular weight excluding hydrogens is 362 g/mol. The van der Waals surface area contributed by atoms with Crippen LogP contribution >= 0.6 is 0 Å². The Labute approximate surface area is 170 Å². The van der Waals surface area contributed by atoms with E-state index >= 15 is 0 Å². The van der Waals surface area contributed by atoms with E-state index < -0.39 is 5.91 Å². The zero-order valence-electron chi connectivity index (χ0n) is 16.9. The van der Waals surface area contributed by atoms with Crippen LogP contribution in [0.4, 0.5) is 0 Å². The molecule has 0 atom stereocenters. The first-order valence-electron chi connectivity index (χ1n) is 10.0. The molecule has 1 aliphatic carbocycles. The Morgan fingerprint density at radius 2 is 1.97 bits per heavy atom. The van der Waals surface area contributed by atoms with Gasteiger partial charge in [-0.15, -0.1) is 0 Å². The number of aryl methyl sites for hydroxylation is 1. The van der Waals surface area contributed by atoms with Crippen molar-refractivity contribution < 1.29 is 4.79 Å². The lowest BCUT2D eigenvalue weighted by atomic mass is 10.1. The standard InChI is InChI=1S/C24H25N3O2/c1-4-16(3)26-23(28)21-12-19-11-20(18-9-10-18)13-25-22(19)27(24(21)29)14-17-7-5-15(2)6-8-17/h5-8,11-13,18H,3-4,9-10,14H2,1-2H3,(H,26,28). The van der Waals surface area contributed by atoms with Gasteiger partial charge < -0.3 is 5.32 Å². The zero-order chi connectivity index (χ0) is 20.5. The molecule has 4 rings (SSSR count). The van der Waals surface area contributed by atoms with E-state index in [0.29, 0.717) is 30.2 Å². The summed E-state index contributed by atoms with van der Waals surface area (Å²) < 4.78 is 1.60. The van der Waals surface area contributed by atoms with E-state index in [1.807, 2.05) is 44.3 Å². The second kappa shape index (κ2) is 7.66. The molecule has 5 nitrogen and oxygen atoms in total. The van der Waals surface area contributed by atoms with Crippen LogP contribution in [0.2, 0.25) is 0 Å². The van der Waals surface area contributed by atoms with Crippen molar-refractivity contribution in [1.29, 1.82) is 0 Å². The molecule has 1 aliphatic rings. The SMILES string of the molecule is C=C(CC)NC(=O)c1cc2cc(C3CC3)cnc2n(Cc2ccc(C)cc2)c1=O. The molecule has 148 valence electrons. The number of carbonyl (C=O) groups is 1. The van der Waals surface area contributed by atoms with Gasteiger partial charge in [-0.25, -0.2) is 4.98 Å². The highest BCUT2D eigenvalue weighted by molar-refractivity contribution is 5.97. The molecule has 0 aliphatic heterocycles. The third-order valence-corrected chi connectivity index (χ3v) is 5.42. The molecule has 2 aromatic heterocycles. The van der Waals surface area contributed by atoms with Crippen LogP contribution in [0.25, 0.3) is 11.0 Å². The summed E-state index contributed by atoms with van der Waals surface area (Å²) >= 11 is 0. The van der Waals surface area contributed by atoms with Gasteiger partial charge in [0.1, 0.15) is 11.2 Å². The number of nitrogens with one attached hydrogen (secondary N) is 1. The van der Waals surface area contributed by atoms with Crippen LogP contribution in [-0.2, 0) is 6.54 Å². The lowest BCUT2D eigenvalue weighted by Gasteiger charge is -2.14. The molecule has 1 fully saturated rings.